The molecular weight excluding hydrogens is 522 g/mol. The molecule has 0 saturated carbocycles. The van der Waals surface area contributed by atoms with Crippen LogP contribution in [0.25, 0.3) is 5.76 Å². The molecule has 1 atom stereocenters. The summed E-state index contributed by atoms with van der Waals surface area (Å²) in [6.45, 7) is 6.17. The van der Waals surface area contributed by atoms with Gasteiger partial charge in [0.25, 0.3) is 11.7 Å². The van der Waals surface area contributed by atoms with Gasteiger partial charge in [0.15, 0.2) is 11.5 Å². The molecule has 1 fully saturated rings. The van der Waals surface area contributed by atoms with E-state index >= 15 is 0 Å². The number of ketones is 1. The number of carbonyl (C=O) groups is 2. The molecule has 0 radical (unpaired) electrons. The molecule has 1 aliphatic heterocycles. The van der Waals surface area contributed by atoms with Crippen LogP contribution >= 0.6 is 11.6 Å². The van der Waals surface area contributed by atoms with E-state index in [2.05, 4.69) is 13.8 Å². The Hall–Kier alpha value is -4.17. The zero-order chi connectivity index (χ0) is 28.4. The first-order valence-electron chi connectivity index (χ1n) is 12.4. The molecule has 0 spiro atoms. The fourth-order valence-electron chi connectivity index (χ4n) is 4.60. The molecule has 4 rings (SSSR count). The summed E-state index contributed by atoms with van der Waals surface area (Å²) in [4.78, 5) is 28.4. The lowest BCUT2D eigenvalue weighted by atomic mass is 9.94. The fraction of sp³-hybridized carbons (Fsp3) is 0.267. The Morgan fingerprint density at radius 3 is 2.23 bits per heavy atom. The summed E-state index contributed by atoms with van der Waals surface area (Å²) in [7, 11) is 2.82. The first-order chi connectivity index (χ1) is 18.6. The molecule has 1 aliphatic rings. The van der Waals surface area contributed by atoms with Crippen LogP contribution in [0, 0.1) is 0 Å². The second-order valence-corrected chi connectivity index (χ2v) is 9.67. The van der Waals surface area contributed by atoms with Crippen LogP contribution in [0.2, 0.25) is 5.02 Å². The predicted molar refractivity (Wildman–Crippen MR) is 149 cm³/mol. The van der Waals surface area contributed by atoms with Gasteiger partial charge in [-0.25, -0.2) is 0 Å². The highest BCUT2D eigenvalue weighted by Crippen LogP contribution is 2.46. The van der Waals surface area contributed by atoms with Crippen LogP contribution in [0.1, 0.15) is 49.4 Å². The van der Waals surface area contributed by atoms with E-state index < -0.39 is 23.5 Å². The number of aliphatic hydroxyl groups excluding tert-OH is 1. The molecule has 1 unspecified atom stereocenters. The van der Waals surface area contributed by atoms with Gasteiger partial charge in [0.1, 0.15) is 17.3 Å². The summed E-state index contributed by atoms with van der Waals surface area (Å²) in [5.41, 5.74) is 1.94. The molecule has 0 bridgehead atoms. The molecule has 0 aromatic heterocycles. The lowest BCUT2D eigenvalue weighted by molar-refractivity contribution is -0.132. The van der Waals surface area contributed by atoms with E-state index in [0.717, 1.165) is 5.56 Å². The van der Waals surface area contributed by atoms with Crippen molar-refractivity contribution in [2.45, 2.75) is 32.7 Å². The number of phenols is 1. The van der Waals surface area contributed by atoms with Gasteiger partial charge in [-0.1, -0.05) is 43.6 Å². The van der Waals surface area contributed by atoms with E-state index in [4.69, 9.17) is 25.8 Å². The van der Waals surface area contributed by atoms with Crippen molar-refractivity contribution in [2.24, 2.45) is 0 Å². The molecule has 3 aromatic rings. The van der Waals surface area contributed by atoms with Gasteiger partial charge < -0.3 is 24.4 Å². The SMILES string of the molecule is CCOc1cc(C2/C(=C(\O)c3cc(OC)c(Cl)cc3OC)C(=O)C(=O)N2c2ccc(C(C)C)cc2)ccc1O. The van der Waals surface area contributed by atoms with Crippen molar-refractivity contribution in [2.75, 3.05) is 25.7 Å². The Bertz CT molecular complexity index is 1450. The molecule has 3 aromatic carbocycles. The number of nitrogens with zero attached hydrogens (tertiary/aromatic N) is 1. The number of ether oxygens (including phenoxy) is 3. The molecule has 8 nitrogen and oxygen atoms in total. The Labute approximate surface area is 232 Å². The normalized spacial score (nSPS) is 16.6. The molecule has 204 valence electrons. The van der Waals surface area contributed by atoms with Crippen LogP contribution in [0.5, 0.6) is 23.0 Å². The van der Waals surface area contributed by atoms with Gasteiger partial charge in [0.05, 0.1) is 43.0 Å². The molecule has 1 saturated heterocycles. The summed E-state index contributed by atoms with van der Waals surface area (Å²) in [5, 5.41) is 22.1. The van der Waals surface area contributed by atoms with Crippen molar-refractivity contribution >= 4 is 34.7 Å². The third kappa shape index (κ3) is 5.12. The summed E-state index contributed by atoms with van der Waals surface area (Å²) in [6, 6.07) is 13.7. The Kier molecular flexibility index (Phi) is 8.06. The second-order valence-electron chi connectivity index (χ2n) is 9.26. The van der Waals surface area contributed by atoms with Crippen LogP contribution in [0.4, 0.5) is 5.69 Å². The first-order valence-corrected chi connectivity index (χ1v) is 12.8. The first kappa shape index (κ1) is 27.9. The highest BCUT2D eigenvalue weighted by atomic mass is 35.5. The lowest BCUT2D eigenvalue weighted by Gasteiger charge is -2.26. The molecule has 9 heteroatoms. The quantitative estimate of drug-likeness (QED) is 0.195. The van der Waals surface area contributed by atoms with Crippen molar-refractivity contribution in [1.29, 1.82) is 0 Å². The van der Waals surface area contributed by atoms with Crippen LogP contribution < -0.4 is 19.1 Å². The molecular formula is C30H30ClNO7. The average molecular weight is 552 g/mol. The van der Waals surface area contributed by atoms with Gasteiger partial charge >= 0.3 is 0 Å². The predicted octanol–water partition coefficient (Wildman–Crippen LogP) is 6.21. The number of aliphatic hydroxyl groups is 1. The number of methoxy groups -OCH3 is 2. The van der Waals surface area contributed by atoms with Crippen molar-refractivity contribution < 1.29 is 34.0 Å². The zero-order valence-corrected chi connectivity index (χ0v) is 23.1. The Morgan fingerprint density at radius 2 is 1.64 bits per heavy atom. The maximum absolute atomic E-state index is 13.6. The average Bonchev–Trinajstić information content (AvgIpc) is 3.19. The van der Waals surface area contributed by atoms with Gasteiger partial charge in [-0.05, 0) is 54.3 Å². The summed E-state index contributed by atoms with van der Waals surface area (Å²) < 4.78 is 16.3. The minimum absolute atomic E-state index is 0.0945. The smallest absolute Gasteiger partial charge is 0.300 e. The highest BCUT2D eigenvalue weighted by molar-refractivity contribution is 6.51. The van der Waals surface area contributed by atoms with E-state index in [1.54, 1.807) is 31.2 Å². The van der Waals surface area contributed by atoms with E-state index in [-0.39, 0.29) is 51.7 Å². The second kappa shape index (κ2) is 11.3. The van der Waals surface area contributed by atoms with Crippen molar-refractivity contribution in [3.8, 4) is 23.0 Å². The summed E-state index contributed by atoms with van der Waals surface area (Å²) in [5.74, 6) is -1.37. The summed E-state index contributed by atoms with van der Waals surface area (Å²) >= 11 is 6.25. The molecule has 2 N–H and O–H groups in total. The number of halogens is 1. The fourth-order valence-corrected chi connectivity index (χ4v) is 4.83. The van der Waals surface area contributed by atoms with Crippen molar-refractivity contribution in [3.63, 3.8) is 0 Å². The largest absolute Gasteiger partial charge is 0.507 e. The van der Waals surface area contributed by atoms with Gasteiger partial charge in [0, 0.05) is 11.8 Å². The Morgan fingerprint density at radius 1 is 0.974 bits per heavy atom. The molecule has 1 amide bonds. The number of anilines is 1. The highest BCUT2D eigenvalue weighted by Gasteiger charge is 2.47. The number of phenolic OH excluding ortho intramolecular Hbond substituents is 1. The number of carbonyl (C=O) groups excluding carboxylic acids is 2. The molecule has 0 aliphatic carbocycles. The van der Waals surface area contributed by atoms with E-state index in [0.29, 0.717) is 11.3 Å². The topological polar surface area (TPSA) is 106 Å². The number of benzene rings is 3. The zero-order valence-electron chi connectivity index (χ0n) is 22.3. The number of aromatic hydroxyl groups is 1. The minimum Gasteiger partial charge on any atom is -0.507 e. The van der Waals surface area contributed by atoms with E-state index in [9.17, 15) is 19.8 Å². The van der Waals surface area contributed by atoms with Gasteiger partial charge in [-0.15, -0.1) is 0 Å². The van der Waals surface area contributed by atoms with Crippen LogP contribution in [-0.4, -0.2) is 42.7 Å². The number of hydrogen-bond acceptors (Lipinski definition) is 7. The number of rotatable bonds is 8. The van der Waals surface area contributed by atoms with Crippen molar-refractivity contribution in [1.82, 2.24) is 0 Å². The summed E-state index contributed by atoms with van der Waals surface area (Å²) in [6.07, 6.45) is 0. The van der Waals surface area contributed by atoms with Gasteiger partial charge in [-0.2, -0.15) is 0 Å². The Balaban J connectivity index is 1.99. The number of Topliss-reactive ketones (excluding diaryl/α,β-unsaturated/α-hetero) is 1. The third-order valence-electron chi connectivity index (χ3n) is 6.61. The monoisotopic (exact) mass is 551 g/mol. The maximum Gasteiger partial charge on any atom is 0.300 e. The van der Waals surface area contributed by atoms with Gasteiger partial charge in [-0.3, -0.25) is 14.5 Å². The number of amides is 1. The molecule has 1 heterocycles. The van der Waals surface area contributed by atoms with E-state index in [1.807, 2.05) is 12.1 Å². The molecule has 39 heavy (non-hydrogen) atoms. The van der Waals surface area contributed by atoms with Crippen LogP contribution in [0.15, 0.2) is 60.2 Å². The minimum atomic E-state index is -1.04. The number of hydrogen-bond donors (Lipinski definition) is 2. The van der Waals surface area contributed by atoms with Crippen LogP contribution in [0.3, 0.4) is 0 Å². The van der Waals surface area contributed by atoms with E-state index in [1.165, 1.54) is 37.3 Å². The van der Waals surface area contributed by atoms with Crippen LogP contribution in [-0.2, 0) is 9.59 Å². The maximum atomic E-state index is 13.6. The standard InChI is InChI=1S/C30H30ClNO7/c1-6-39-25-13-18(9-12-22(25)33)27-26(28(34)20-14-24(38-5)21(31)15-23(20)37-4)29(35)30(36)32(27)19-10-7-17(8-11-19)16(2)3/h7-16,27,33-34H,6H2,1-5H3/b28-26+. The third-order valence-corrected chi connectivity index (χ3v) is 6.91. The lowest BCUT2D eigenvalue weighted by Crippen LogP contribution is -2.29. The van der Waals surface area contributed by atoms with Crippen molar-refractivity contribution in [3.05, 3.63) is 81.9 Å². The van der Waals surface area contributed by atoms with Gasteiger partial charge in [0.2, 0.25) is 0 Å².